The van der Waals surface area contributed by atoms with Gasteiger partial charge in [-0.2, -0.15) is 0 Å². The molecule has 21 heavy (non-hydrogen) atoms. The van der Waals surface area contributed by atoms with Gasteiger partial charge in [-0.1, -0.05) is 52.4 Å². The molecule has 4 N–H and O–H groups in total. The fourth-order valence-electron chi connectivity index (χ4n) is 2.53. The number of ether oxygens (including phenoxy) is 1. The minimum absolute atomic E-state index is 0.0779. The summed E-state index contributed by atoms with van der Waals surface area (Å²) in [5, 5.41) is 0. The van der Waals surface area contributed by atoms with Gasteiger partial charge < -0.3 is 16.2 Å². The van der Waals surface area contributed by atoms with E-state index in [0.717, 1.165) is 57.9 Å². The number of hydrogen-bond acceptors (Lipinski definition) is 4. The van der Waals surface area contributed by atoms with Gasteiger partial charge in [-0.25, -0.2) is 0 Å². The Morgan fingerprint density at radius 2 is 1.67 bits per heavy atom. The molecule has 2 atom stereocenters. The highest BCUT2D eigenvalue weighted by Gasteiger charge is 2.25. The Morgan fingerprint density at radius 3 is 2.29 bits per heavy atom. The molecule has 0 aliphatic heterocycles. The predicted octanol–water partition coefficient (Wildman–Crippen LogP) is 3.37. The summed E-state index contributed by atoms with van der Waals surface area (Å²) in [6.07, 6.45) is 10.3. The third-order valence-electron chi connectivity index (χ3n) is 3.90. The first kappa shape index (κ1) is 20.4. The molecule has 0 aromatic rings. The lowest BCUT2D eigenvalue weighted by Gasteiger charge is -2.22. The SMILES string of the molecule is CCCCCCOC(=O)C(CCC)C(N)CCCCCN. The number of nitrogens with two attached hydrogens (primary N) is 2. The first-order valence-corrected chi connectivity index (χ1v) is 8.79. The van der Waals surface area contributed by atoms with Gasteiger partial charge in [0, 0.05) is 6.04 Å². The lowest BCUT2D eigenvalue weighted by molar-refractivity contribution is -0.149. The van der Waals surface area contributed by atoms with Crippen LogP contribution < -0.4 is 11.5 Å². The van der Waals surface area contributed by atoms with Crippen molar-refractivity contribution in [3.05, 3.63) is 0 Å². The lowest BCUT2D eigenvalue weighted by Crippen LogP contribution is -2.36. The average molecular weight is 300 g/mol. The van der Waals surface area contributed by atoms with Gasteiger partial charge in [0.2, 0.25) is 0 Å². The van der Waals surface area contributed by atoms with Crippen LogP contribution in [0.4, 0.5) is 0 Å². The van der Waals surface area contributed by atoms with Gasteiger partial charge in [-0.05, 0) is 32.2 Å². The van der Waals surface area contributed by atoms with Gasteiger partial charge >= 0.3 is 5.97 Å². The summed E-state index contributed by atoms with van der Waals surface area (Å²) < 4.78 is 5.41. The molecule has 126 valence electrons. The van der Waals surface area contributed by atoms with E-state index >= 15 is 0 Å². The number of hydrogen-bond donors (Lipinski definition) is 2. The zero-order valence-corrected chi connectivity index (χ0v) is 14.1. The normalized spacial score (nSPS) is 13.9. The highest BCUT2D eigenvalue weighted by atomic mass is 16.5. The fourth-order valence-corrected chi connectivity index (χ4v) is 2.53. The van der Waals surface area contributed by atoms with Crippen molar-refractivity contribution in [2.24, 2.45) is 17.4 Å². The maximum absolute atomic E-state index is 12.2. The topological polar surface area (TPSA) is 78.3 Å². The van der Waals surface area contributed by atoms with Crippen LogP contribution in [0.15, 0.2) is 0 Å². The van der Waals surface area contributed by atoms with Crippen LogP contribution in [0.1, 0.15) is 78.1 Å². The van der Waals surface area contributed by atoms with Crippen molar-refractivity contribution in [2.45, 2.75) is 84.1 Å². The standard InChI is InChI=1S/C17H36N2O2/c1-3-5-6-10-14-21-17(20)15(11-4-2)16(19)12-8-7-9-13-18/h15-16H,3-14,18-19H2,1-2H3. The molecule has 0 radical (unpaired) electrons. The second-order valence-electron chi connectivity index (χ2n) is 5.93. The maximum Gasteiger partial charge on any atom is 0.310 e. The minimum atomic E-state index is -0.140. The first-order valence-electron chi connectivity index (χ1n) is 8.79. The molecule has 0 saturated carbocycles. The van der Waals surface area contributed by atoms with E-state index in [1.165, 1.54) is 12.8 Å². The number of unbranched alkanes of at least 4 members (excludes halogenated alkanes) is 5. The number of carbonyl (C=O) groups excluding carboxylic acids is 1. The quantitative estimate of drug-likeness (QED) is 0.381. The van der Waals surface area contributed by atoms with Crippen LogP contribution in [0.2, 0.25) is 0 Å². The van der Waals surface area contributed by atoms with Crippen LogP contribution in [0.5, 0.6) is 0 Å². The average Bonchev–Trinajstić information content (AvgIpc) is 2.48. The predicted molar refractivity (Wildman–Crippen MR) is 89.0 cm³/mol. The second kappa shape index (κ2) is 14.3. The summed E-state index contributed by atoms with van der Waals surface area (Å²) in [4.78, 5) is 12.2. The highest BCUT2D eigenvalue weighted by molar-refractivity contribution is 5.73. The Kier molecular flexibility index (Phi) is 13.9. The van der Waals surface area contributed by atoms with Crippen molar-refractivity contribution >= 4 is 5.97 Å². The fraction of sp³-hybridized carbons (Fsp3) is 0.941. The molecule has 0 bridgehead atoms. The van der Waals surface area contributed by atoms with Crippen LogP contribution in [-0.2, 0) is 9.53 Å². The van der Waals surface area contributed by atoms with Gasteiger partial charge in [0.25, 0.3) is 0 Å². The van der Waals surface area contributed by atoms with E-state index in [4.69, 9.17) is 16.2 Å². The molecule has 0 aliphatic rings. The molecule has 0 aromatic heterocycles. The van der Waals surface area contributed by atoms with Crippen LogP contribution >= 0.6 is 0 Å². The Morgan fingerprint density at radius 1 is 0.952 bits per heavy atom. The van der Waals surface area contributed by atoms with E-state index in [0.29, 0.717) is 6.61 Å². The van der Waals surface area contributed by atoms with Gasteiger partial charge in [0.15, 0.2) is 0 Å². The molecule has 0 heterocycles. The van der Waals surface area contributed by atoms with Crippen LogP contribution in [0, 0.1) is 5.92 Å². The van der Waals surface area contributed by atoms with E-state index in [1.54, 1.807) is 0 Å². The first-order chi connectivity index (χ1) is 10.2. The molecule has 4 heteroatoms. The molecule has 0 saturated heterocycles. The number of rotatable bonds is 14. The van der Waals surface area contributed by atoms with Crippen molar-refractivity contribution in [2.75, 3.05) is 13.2 Å². The molecule has 4 nitrogen and oxygen atoms in total. The molecular formula is C17H36N2O2. The molecule has 0 aromatic carbocycles. The van der Waals surface area contributed by atoms with E-state index in [1.807, 2.05) is 0 Å². The summed E-state index contributed by atoms with van der Waals surface area (Å²) in [7, 11) is 0. The number of esters is 1. The monoisotopic (exact) mass is 300 g/mol. The van der Waals surface area contributed by atoms with Crippen molar-refractivity contribution in [1.82, 2.24) is 0 Å². The molecule has 0 fully saturated rings. The van der Waals surface area contributed by atoms with Gasteiger partial charge in [-0.3, -0.25) is 4.79 Å². The summed E-state index contributed by atoms with van der Waals surface area (Å²) in [6.45, 7) is 5.53. The molecular weight excluding hydrogens is 264 g/mol. The Balaban J connectivity index is 4.03. The van der Waals surface area contributed by atoms with Crippen molar-refractivity contribution in [1.29, 1.82) is 0 Å². The summed E-state index contributed by atoms with van der Waals surface area (Å²) >= 11 is 0. The number of carbonyl (C=O) groups is 1. The summed E-state index contributed by atoms with van der Waals surface area (Å²) in [5.41, 5.74) is 11.7. The smallest absolute Gasteiger partial charge is 0.310 e. The maximum atomic E-state index is 12.2. The van der Waals surface area contributed by atoms with Gasteiger partial charge in [0.05, 0.1) is 12.5 Å². The minimum Gasteiger partial charge on any atom is -0.465 e. The van der Waals surface area contributed by atoms with Crippen LogP contribution in [-0.4, -0.2) is 25.2 Å². The molecule has 0 aliphatic carbocycles. The molecule has 2 unspecified atom stereocenters. The Labute approximate surface area is 131 Å². The van der Waals surface area contributed by atoms with Crippen molar-refractivity contribution in [3.63, 3.8) is 0 Å². The summed E-state index contributed by atoms with van der Waals surface area (Å²) in [5.74, 6) is -0.237. The third kappa shape index (κ3) is 10.7. The van der Waals surface area contributed by atoms with Crippen LogP contribution in [0.25, 0.3) is 0 Å². The second-order valence-corrected chi connectivity index (χ2v) is 5.93. The molecule has 0 amide bonds. The van der Waals surface area contributed by atoms with E-state index in [-0.39, 0.29) is 17.9 Å². The van der Waals surface area contributed by atoms with Gasteiger partial charge in [-0.15, -0.1) is 0 Å². The Hall–Kier alpha value is -0.610. The summed E-state index contributed by atoms with van der Waals surface area (Å²) in [6, 6.07) is -0.0779. The van der Waals surface area contributed by atoms with Crippen LogP contribution in [0.3, 0.4) is 0 Å². The largest absolute Gasteiger partial charge is 0.465 e. The zero-order chi connectivity index (χ0) is 15.9. The highest BCUT2D eigenvalue weighted by Crippen LogP contribution is 2.17. The lowest BCUT2D eigenvalue weighted by atomic mass is 9.91. The van der Waals surface area contributed by atoms with E-state index < -0.39 is 0 Å². The Bertz CT molecular complexity index is 247. The van der Waals surface area contributed by atoms with Crippen molar-refractivity contribution < 1.29 is 9.53 Å². The third-order valence-corrected chi connectivity index (χ3v) is 3.90. The van der Waals surface area contributed by atoms with Crippen molar-refractivity contribution in [3.8, 4) is 0 Å². The van der Waals surface area contributed by atoms with E-state index in [2.05, 4.69) is 13.8 Å². The van der Waals surface area contributed by atoms with Gasteiger partial charge in [0.1, 0.15) is 0 Å². The van der Waals surface area contributed by atoms with E-state index in [9.17, 15) is 4.79 Å². The zero-order valence-electron chi connectivity index (χ0n) is 14.1. The molecule has 0 spiro atoms. The molecule has 0 rings (SSSR count).